The molecule has 90 valence electrons. The number of amides is 1. The lowest BCUT2D eigenvalue weighted by molar-refractivity contribution is -0.118. The fraction of sp³-hybridized carbons (Fsp3) is 0.333. The molecule has 0 saturated carbocycles. The number of aromatic nitrogens is 2. The molecule has 1 unspecified atom stereocenters. The van der Waals surface area contributed by atoms with Crippen molar-refractivity contribution in [3.05, 3.63) is 29.6 Å². The molecule has 1 aromatic carbocycles. The molecule has 2 N–H and O–H groups in total. The molecule has 0 aliphatic heterocycles. The summed E-state index contributed by atoms with van der Waals surface area (Å²) in [6.07, 6.45) is 0. The SMILES string of the molecule is Cc1ccc2c(c1)nc(C(C)Cl)n2CC(N)=O. The quantitative estimate of drug-likeness (QED) is 0.850. The summed E-state index contributed by atoms with van der Waals surface area (Å²) < 4.78 is 1.77. The van der Waals surface area contributed by atoms with Crippen LogP contribution < -0.4 is 5.73 Å². The topological polar surface area (TPSA) is 60.9 Å². The number of fused-ring (bicyclic) bond motifs is 1. The highest BCUT2D eigenvalue weighted by molar-refractivity contribution is 6.20. The van der Waals surface area contributed by atoms with Gasteiger partial charge in [0.05, 0.1) is 16.4 Å². The minimum absolute atomic E-state index is 0.103. The molecule has 2 aromatic rings. The van der Waals surface area contributed by atoms with Gasteiger partial charge in [-0.05, 0) is 31.5 Å². The number of imidazole rings is 1. The fourth-order valence-electron chi connectivity index (χ4n) is 1.88. The Morgan fingerprint density at radius 2 is 2.29 bits per heavy atom. The predicted molar refractivity (Wildman–Crippen MR) is 67.9 cm³/mol. The first kappa shape index (κ1) is 11.9. The van der Waals surface area contributed by atoms with Crippen LogP contribution >= 0.6 is 11.6 Å². The first-order chi connectivity index (χ1) is 7.99. The maximum absolute atomic E-state index is 11.1. The van der Waals surface area contributed by atoms with Gasteiger partial charge in [-0.3, -0.25) is 4.79 Å². The maximum atomic E-state index is 11.1. The summed E-state index contributed by atoms with van der Waals surface area (Å²) in [6, 6.07) is 5.88. The molecule has 0 spiro atoms. The van der Waals surface area contributed by atoms with Crippen molar-refractivity contribution in [1.82, 2.24) is 9.55 Å². The smallest absolute Gasteiger partial charge is 0.237 e. The predicted octanol–water partition coefficient (Wildman–Crippen LogP) is 2.13. The van der Waals surface area contributed by atoms with E-state index >= 15 is 0 Å². The second kappa shape index (κ2) is 4.37. The molecule has 0 aliphatic rings. The number of nitrogens with zero attached hydrogens (tertiary/aromatic N) is 2. The Bertz CT molecular complexity index is 574. The molecule has 17 heavy (non-hydrogen) atoms. The number of nitrogens with two attached hydrogens (primary N) is 1. The molecule has 0 radical (unpaired) electrons. The Labute approximate surface area is 104 Å². The van der Waals surface area contributed by atoms with Crippen LogP contribution in [-0.4, -0.2) is 15.5 Å². The van der Waals surface area contributed by atoms with Crippen LogP contribution in [0.5, 0.6) is 0 Å². The molecule has 5 heteroatoms. The molecular formula is C12H14ClN3O. The van der Waals surface area contributed by atoms with Gasteiger partial charge < -0.3 is 10.3 Å². The maximum Gasteiger partial charge on any atom is 0.237 e. The molecule has 0 aliphatic carbocycles. The highest BCUT2D eigenvalue weighted by Gasteiger charge is 2.15. The number of carbonyl (C=O) groups is 1. The summed E-state index contributed by atoms with van der Waals surface area (Å²) in [5, 5.41) is -0.262. The number of carbonyl (C=O) groups excluding carboxylic acids is 1. The van der Waals surface area contributed by atoms with E-state index in [1.807, 2.05) is 32.0 Å². The summed E-state index contributed by atoms with van der Waals surface area (Å²) in [4.78, 5) is 15.5. The molecule has 4 nitrogen and oxygen atoms in total. The van der Waals surface area contributed by atoms with E-state index in [1.54, 1.807) is 4.57 Å². The van der Waals surface area contributed by atoms with E-state index in [2.05, 4.69) is 4.98 Å². The average Bonchev–Trinajstić information content (AvgIpc) is 2.55. The van der Waals surface area contributed by atoms with Gasteiger partial charge in [0.1, 0.15) is 12.4 Å². The molecular weight excluding hydrogens is 238 g/mol. The van der Waals surface area contributed by atoms with Gasteiger partial charge in [0.2, 0.25) is 5.91 Å². The van der Waals surface area contributed by atoms with Gasteiger partial charge in [-0.2, -0.15) is 0 Å². The summed E-state index contributed by atoms with van der Waals surface area (Å²) in [7, 11) is 0. The highest BCUT2D eigenvalue weighted by atomic mass is 35.5. The standard InChI is InChI=1S/C12H14ClN3O/c1-7-3-4-10-9(5-7)15-12(8(2)13)16(10)6-11(14)17/h3-5,8H,6H2,1-2H3,(H2,14,17). The monoisotopic (exact) mass is 251 g/mol. The molecule has 0 bridgehead atoms. The van der Waals surface area contributed by atoms with Crippen LogP contribution in [0.3, 0.4) is 0 Å². The van der Waals surface area contributed by atoms with Crippen molar-refractivity contribution in [2.75, 3.05) is 0 Å². The van der Waals surface area contributed by atoms with Crippen LogP contribution in [0.25, 0.3) is 11.0 Å². The number of hydrogen-bond donors (Lipinski definition) is 1. The summed E-state index contributed by atoms with van der Waals surface area (Å²) >= 11 is 6.07. The molecule has 1 heterocycles. The van der Waals surface area contributed by atoms with Crippen molar-refractivity contribution in [3.8, 4) is 0 Å². The van der Waals surface area contributed by atoms with Crippen molar-refractivity contribution < 1.29 is 4.79 Å². The Kier molecular flexibility index (Phi) is 3.07. The third-order valence-electron chi connectivity index (χ3n) is 2.60. The first-order valence-corrected chi connectivity index (χ1v) is 5.82. The number of hydrogen-bond acceptors (Lipinski definition) is 2. The minimum atomic E-state index is -0.400. The fourth-order valence-corrected chi connectivity index (χ4v) is 2.05. The van der Waals surface area contributed by atoms with Gasteiger partial charge in [0.15, 0.2) is 0 Å². The molecule has 1 aromatic heterocycles. The van der Waals surface area contributed by atoms with E-state index < -0.39 is 5.91 Å². The average molecular weight is 252 g/mol. The van der Waals surface area contributed by atoms with Gasteiger partial charge >= 0.3 is 0 Å². The van der Waals surface area contributed by atoms with Crippen LogP contribution in [0.4, 0.5) is 0 Å². The number of halogens is 1. The zero-order chi connectivity index (χ0) is 12.6. The lowest BCUT2D eigenvalue weighted by Gasteiger charge is -2.07. The Balaban J connectivity index is 2.66. The van der Waals surface area contributed by atoms with E-state index in [4.69, 9.17) is 17.3 Å². The van der Waals surface area contributed by atoms with Crippen molar-refractivity contribution in [2.24, 2.45) is 5.73 Å². The minimum Gasteiger partial charge on any atom is -0.368 e. The van der Waals surface area contributed by atoms with Crippen molar-refractivity contribution in [1.29, 1.82) is 0 Å². The van der Waals surface area contributed by atoms with Gasteiger partial charge in [-0.1, -0.05) is 6.07 Å². The Morgan fingerprint density at radius 1 is 1.59 bits per heavy atom. The lowest BCUT2D eigenvalue weighted by Crippen LogP contribution is -2.20. The number of alkyl halides is 1. The van der Waals surface area contributed by atoms with Crippen LogP contribution in [0.2, 0.25) is 0 Å². The Morgan fingerprint density at radius 3 is 2.88 bits per heavy atom. The zero-order valence-corrected chi connectivity index (χ0v) is 10.5. The van der Waals surface area contributed by atoms with E-state index in [0.29, 0.717) is 5.82 Å². The third-order valence-corrected chi connectivity index (χ3v) is 2.80. The zero-order valence-electron chi connectivity index (χ0n) is 9.77. The molecule has 1 atom stereocenters. The van der Waals surface area contributed by atoms with Crippen LogP contribution in [0.1, 0.15) is 23.7 Å². The van der Waals surface area contributed by atoms with E-state index in [9.17, 15) is 4.79 Å². The number of benzene rings is 1. The van der Waals surface area contributed by atoms with E-state index in [0.717, 1.165) is 16.6 Å². The largest absolute Gasteiger partial charge is 0.368 e. The Hall–Kier alpha value is -1.55. The second-order valence-electron chi connectivity index (χ2n) is 4.13. The van der Waals surface area contributed by atoms with Crippen LogP contribution in [-0.2, 0) is 11.3 Å². The van der Waals surface area contributed by atoms with Gasteiger partial charge in [0.25, 0.3) is 0 Å². The third kappa shape index (κ3) is 2.26. The lowest BCUT2D eigenvalue weighted by atomic mass is 10.2. The van der Waals surface area contributed by atoms with Crippen molar-refractivity contribution in [3.63, 3.8) is 0 Å². The van der Waals surface area contributed by atoms with E-state index in [1.165, 1.54) is 0 Å². The summed E-state index contributed by atoms with van der Waals surface area (Å²) in [5.74, 6) is 0.273. The van der Waals surface area contributed by atoms with Crippen molar-refractivity contribution in [2.45, 2.75) is 25.8 Å². The van der Waals surface area contributed by atoms with Gasteiger partial charge in [-0.25, -0.2) is 4.98 Å². The van der Waals surface area contributed by atoms with Crippen LogP contribution in [0.15, 0.2) is 18.2 Å². The first-order valence-electron chi connectivity index (χ1n) is 5.38. The van der Waals surface area contributed by atoms with Gasteiger partial charge in [0, 0.05) is 0 Å². The molecule has 2 rings (SSSR count). The number of primary amides is 1. The number of aryl methyl sites for hydroxylation is 1. The second-order valence-corrected chi connectivity index (χ2v) is 4.79. The number of rotatable bonds is 3. The molecule has 1 amide bonds. The van der Waals surface area contributed by atoms with Crippen LogP contribution in [0, 0.1) is 6.92 Å². The van der Waals surface area contributed by atoms with Crippen molar-refractivity contribution >= 4 is 28.5 Å². The normalized spacial score (nSPS) is 12.9. The summed E-state index contributed by atoms with van der Waals surface area (Å²) in [6.45, 7) is 3.93. The summed E-state index contributed by atoms with van der Waals surface area (Å²) in [5.41, 5.74) is 8.09. The molecule has 0 fully saturated rings. The highest BCUT2D eigenvalue weighted by Crippen LogP contribution is 2.24. The van der Waals surface area contributed by atoms with E-state index in [-0.39, 0.29) is 11.9 Å². The van der Waals surface area contributed by atoms with Gasteiger partial charge in [-0.15, -0.1) is 11.6 Å². The molecule has 0 saturated heterocycles.